The van der Waals surface area contributed by atoms with Gasteiger partial charge in [0, 0.05) is 45.5 Å². The van der Waals surface area contributed by atoms with Gasteiger partial charge in [-0.05, 0) is 37.9 Å². The maximum absolute atomic E-state index is 13.0. The van der Waals surface area contributed by atoms with Crippen LogP contribution in [0.4, 0.5) is 5.13 Å². The molecular formula is C18H26N6OS. The number of hydrogen-bond donors (Lipinski definition) is 0. The maximum Gasteiger partial charge on any atom is 0.270 e. The molecule has 0 saturated carbocycles. The van der Waals surface area contributed by atoms with Crippen molar-refractivity contribution in [1.29, 1.82) is 0 Å². The average Bonchev–Trinajstić information content (AvgIpc) is 3.41. The van der Waals surface area contributed by atoms with E-state index in [4.69, 9.17) is 0 Å². The van der Waals surface area contributed by atoms with E-state index in [0.717, 1.165) is 62.5 Å². The first-order chi connectivity index (χ1) is 12.8. The van der Waals surface area contributed by atoms with E-state index < -0.39 is 0 Å². The summed E-state index contributed by atoms with van der Waals surface area (Å²) in [7, 11) is 0. The standard InChI is InChI=1S/C18H26N6OS/c1-2-7-21-11-13-22(14-12-21)16(25)15-6-5-10-24(15)18-20-19-17(26-18)23-8-3-4-9-23/h5-6,10H,2-4,7-9,11-14H2,1H3. The highest BCUT2D eigenvalue weighted by atomic mass is 32.1. The Bertz CT molecular complexity index is 742. The average molecular weight is 375 g/mol. The lowest BCUT2D eigenvalue weighted by Gasteiger charge is -2.34. The molecule has 0 radical (unpaired) electrons. The van der Waals surface area contributed by atoms with Gasteiger partial charge in [0.05, 0.1) is 0 Å². The van der Waals surface area contributed by atoms with Gasteiger partial charge in [-0.15, -0.1) is 10.2 Å². The van der Waals surface area contributed by atoms with Gasteiger partial charge in [-0.25, -0.2) is 0 Å². The van der Waals surface area contributed by atoms with E-state index in [0.29, 0.717) is 5.69 Å². The Kier molecular flexibility index (Phi) is 5.21. The van der Waals surface area contributed by atoms with Crippen molar-refractivity contribution < 1.29 is 4.79 Å². The topological polar surface area (TPSA) is 57.5 Å². The smallest absolute Gasteiger partial charge is 0.270 e. The van der Waals surface area contributed by atoms with Crippen molar-refractivity contribution in [2.75, 3.05) is 50.7 Å². The van der Waals surface area contributed by atoms with Crippen molar-refractivity contribution in [3.8, 4) is 5.13 Å². The molecule has 8 heteroatoms. The van der Waals surface area contributed by atoms with Gasteiger partial charge in [0.25, 0.3) is 5.91 Å². The van der Waals surface area contributed by atoms with Crippen molar-refractivity contribution in [3.63, 3.8) is 0 Å². The van der Waals surface area contributed by atoms with Gasteiger partial charge >= 0.3 is 0 Å². The zero-order chi connectivity index (χ0) is 17.9. The zero-order valence-corrected chi connectivity index (χ0v) is 16.1. The molecule has 0 atom stereocenters. The molecule has 2 aromatic rings. The minimum atomic E-state index is 0.0871. The van der Waals surface area contributed by atoms with E-state index in [2.05, 4.69) is 26.9 Å². The minimum absolute atomic E-state index is 0.0871. The second-order valence-corrected chi connectivity index (χ2v) is 7.89. The van der Waals surface area contributed by atoms with Gasteiger partial charge in [0.15, 0.2) is 0 Å². The van der Waals surface area contributed by atoms with Crippen LogP contribution in [0.15, 0.2) is 18.3 Å². The van der Waals surface area contributed by atoms with Gasteiger partial charge < -0.3 is 9.80 Å². The highest BCUT2D eigenvalue weighted by Crippen LogP contribution is 2.27. The molecule has 0 N–H and O–H groups in total. The fraction of sp³-hybridized carbons (Fsp3) is 0.611. The summed E-state index contributed by atoms with van der Waals surface area (Å²) in [5, 5.41) is 10.4. The van der Waals surface area contributed by atoms with Crippen LogP contribution >= 0.6 is 11.3 Å². The normalized spacial score (nSPS) is 18.7. The fourth-order valence-electron chi connectivity index (χ4n) is 3.72. The van der Waals surface area contributed by atoms with Gasteiger partial charge in [0.1, 0.15) is 5.69 Å². The van der Waals surface area contributed by atoms with Gasteiger partial charge in [-0.1, -0.05) is 18.3 Å². The van der Waals surface area contributed by atoms with E-state index in [1.54, 1.807) is 11.3 Å². The summed E-state index contributed by atoms with van der Waals surface area (Å²) < 4.78 is 1.89. The van der Waals surface area contributed by atoms with Crippen LogP contribution in [0, 0.1) is 0 Å². The van der Waals surface area contributed by atoms with Crippen LogP contribution in [-0.4, -0.2) is 76.3 Å². The largest absolute Gasteiger partial charge is 0.347 e. The molecule has 0 bridgehead atoms. The minimum Gasteiger partial charge on any atom is -0.347 e. The Hall–Kier alpha value is -1.93. The molecule has 2 aromatic heterocycles. The predicted octanol–water partition coefficient (Wildman–Crippen LogP) is 2.10. The Morgan fingerprint density at radius 1 is 1.08 bits per heavy atom. The third-order valence-corrected chi connectivity index (χ3v) is 6.14. The number of rotatable bonds is 5. The Labute approximate surface area is 158 Å². The maximum atomic E-state index is 13.0. The third-order valence-electron chi connectivity index (χ3n) is 5.15. The van der Waals surface area contributed by atoms with E-state index >= 15 is 0 Å². The lowest BCUT2D eigenvalue weighted by Crippen LogP contribution is -2.49. The van der Waals surface area contributed by atoms with E-state index in [9.17, 15) is 4.79 Å². The number of nitrogens with zero attached hydrogens (tertiary/aromatic N) is 6. The highest BCUT2D eigenvalue weighted by molar-refractivity contribution is 7.17. The van der Waals surface area contributed by atoms with Crippen LogP contribution in [0.5, 0.6) is 0 Å². The van der Waals surface area contributed by atoms with Crippen molar-refractivity contribution >= 4 is 22.4 Å². The van der Waals surface area contributed by atoms with Crippen LogP contribution in [0.1, 0.15) is 36.7 Å². The van der Waals surface area contributed by atoms with E-state index in [-0.39, 0.29) is 5.91 Å². The van der Waals surface area contributed by atoms with Gasteiger partial charge in [0.2, 0.25) is 10.3 Å². The number of carbonyl (C=O) groups excluding carboxylic acids is 1. The van der Waals surface area contributed by atoms with Crippen LogP contribution in [0.3, 0.4) is 0 Å². The third kappa shape index (κ3) is 3.48. The fourth-order valence-corrected chi connectivity index (χ4v) is 4.61. The molecular weight excluding hydrogens is 348 g/mol. The highest BCUT2D eigenvalue weighted by Gasteiger charge is 2.25. The van der Waals surface area contributed by atoms with E-state index in [1.807, 2.05) is 27.8 Å². The number of carbonyl (C=O) groups is 1. The molecule has 4 heterocycles. The van der Waals surface area contributed by atoms with Crippen molar-refractivity contribution in [1.82, 2.24) is 24.6 Å². The lowest BCUT2D eigenvalue weighted by molar-refractivity contribution is 0.0629. The summed E-state index contributed by atoms with van der Waals surface area (Å²) >= 11 is 1.56. The van der Waals surface area contributed by atoms with Gasteiger partial charge in [-0.2, -0.15) is 0 Å². The molecule has 0 spiro atoms. The second kappa shape index (κ2) is 7.75. The first kappa shape index (κ1) is 17.5. The molecule has 2 saturated heterocycles. The molecule has 26 heavy (non-hydrogen) atoms. The summed E-state index contributed by atoms with van der Waals surface area (Å²) in [6, 6.07) is 3.80. The van der Waals surface area contributed by atoms with Crippen molar-refractivity contribution in [2.24, 2.45) is 0 Å². The van der Waals surface area contributed by atoms with Crippen LogP contribution in [0.25, 0.3) is 5.13 Å². The zero-order valence-electron chi connectivity index (χ0n) is 15.3. The predicted molar refractivity (Wildman–Crippen MR) is 103 cm³/mol. The van der Waals surface area contributed by atoms with Crippen LogP contribution in [-0.2, 0) is 0 Å². The summed E-state index contributed by atoms with van der Waals surface area (Å²) in [5.41, 5.74) is 0.679. The Morgan fingerprint density at radius 2 is 1.81 bits per heavy atom. The summed E-state index contributed by atoms with van der Waals surface area (Å²) in [6.45, 7) is 8.91. The van der Waals surface area contributed by atoms with Crippen LogP contribution < -0.4 is 4.90 Å². The van der Waals surface area contributed by atoms with Gasteiger partial charge in [-0.3, -0.25) is 14.3 Å². The molecule has 0 unspecified atom stereocenters. The second-order valence-electron chi connectivity index (χ2n) is 6.96. The molecule has 0 aromatic carbocycles. The summed E-state index contributed by atoms with van der Waals surface area (Å²) in [5.74, 6) is 0.0871. The number of piperazine rings is 1. The number of aromatic nitrogens is 3. The van der Waals surface area contributed by atoms with E-state index in [1.165, 1.54) is 12.8 Å². The number of amides is 1. The summed E-state index contributed by atoms with van der Waals surface area (Å²) in [6.07, 6.45) is 5.50. The molecule has 4 rings (SSSR count). The molecule has 1 amide bonds. The summed E-state index contributed by atoms with van der Waals surface area (Å²) in [4.78, 5) is 19.7. The molecule has 2 fully saturated rings. The number of hydrogen-bond acceptors (Lipinski definition) is 6. The SMILES string of the molecule is CCCN1CCN(C(=O)c2cccn2-c2nnc(N3CCCC3)s2)CC1. The molecule has 7 nitrogen and oxygen atoms in total. The molecule has 0 aliphatic carbocycles. The van der Waals surface area contributed by atoms with Crippen molar-refractivity contribution in [3.05, 3.63) is 24.0 Å². The molecule has 140 valence electrons. The lowest BCUT2D eigenvalue weighted by atomic mass is 10.2. The van der Waals surface area contributed by atoms with Crippen molar-refractivity contribution in [2.45, 2.75) is 26.2 Å². The van der Waals surface area contributed by atoms with Crippen LogP contribution in [0.2, 0.25) is 0 Å². The first-order valence-corrected chi connectivity index (χ1v) is 10.4. The molecule has 2 aliphatic rings. The molecule has 2 aliphatic heterocycles. The number of anilines is 1. The monoisotopic (exact) mass is 374 g/mol. The quantitative estimate of drug-likeness (QED) is 0.802. The first-order valence-electron chi connectivity index (χ1n) is 9.54. The Morgan fingerprint density at radius 3 is 2.54 bits per heavy atom. The Balaban J connectivity index is 1.47.